The Bertz CT molecular complexity index is 715. The van der Waals surface area contributed by atoms with Crippen molar-refractivity contribution in [3.8, 4) is 37.0 Å². The third kappa shape index (κ3) is 5.38. The lowest BCUT2D eigenvalue weighted by Crippen LogP contribution is -2.36. The summed E-state index contributed by atoms with van der Waals surface area (Å²) < 4.78 is 67.1. The van der Waals surface area contributed by atoms with Gasteiger partial charge < -0.3 is 0 Å². The van der Waals surface area contributed by atoms with Crippen molar-refractivity contribution in [2.24, 2.45) is 11.8 Å². The fourth-order valence-corrected chi connectivity index (χ4v) is 4.18. The number of terminal acetylenes is 3. The molecule has 6 nitrogen and oxygen atoms in total. The van der Waals surface area contributed by atoms with Crippen molar-refractivity contribution in [2.45, 2.75) is 29.1 Å². The molecule has 0 heterocycles. The molecule has 22 heavy (non-hydrogen) atoms. The molecular formula is C13H16O6S3. The Labute approximate surface area is 135 Å². The zero-order valence-electron chi connectivity index (χ0n) is 11.6. The monoisotopic (exact) mass is 364 g/mol. The third-order valence-electron chi connectivity index (χ3n) is 3.32. The number of rotatable bonds is 8. The van der Waals surface area contributed by atoms with Gasteiger partial charge in [0.15, 0.2) is 32.1 Å². The average molecular weight is 364 g/mol. The highest BCUT2D eigenvalue weighted by Crippen LogP contribution is 2.28. The quantitative estimate of drug-likeness (QED) is 0.357. The molecule has 0 N–H and O–H groups in total. The van der Waals surface area contributed by atoms with Gasteiger partial charge in [-0.3, -0.25) is 0 Å². The second-order valence-electron chi connectivity index (χ2n) is 4.52. The maximum atomic E-state index is 11.3. The van der Waals surface area contributed by atoms with Gasteiger partial charge in [-0.05, 0) is 18.3 Å². The van der Waals surface area contributed by atoms with Crippen molar-refractivity contribution in [1.82, 2.24) is 0 Å². The molecule has 0 aliphatic rings. The van der Waals surface area contributed by atoms with E-state index in [0.29, 0.717) is 0 Å². The standard InChI is InChI=1S/C13H16O6S3/c1-5-10(20(14)15)8-11(13(7-3)22(18)19)9(4)12(6-2)21(16)17/h1-3,9-13,20-22H,8H2,4H3. The molecule has 0 bridgehead atoms. The first-order valence-corrected chi connectivity index (χ1v) is 9.74. The minimum Gasteiger partial charge on any atom is -0.231 e. The first-order chi connectivity index (χ1) is 10.2. The molecule has 0 aliphatic heterocycles. The van der Waals surface area contributed by atoms with Gasteiger partial charge >= 0.3 is 0 Å². The van der Waals surface area contributed by atoms with Crippen LogP contribution in [0.4, 0.5) is 0 Å². The van der Waals surface area contributed by atoms with E-state index in [1.807, 2.05) is 11.8 Å². The van der Waals surface area contributed by atoms with Crippen molar-refractivity contribution >= 4 is 32.1 Å². The molecule has 0 aliphatic carbocycles. The average Bonchev–Trinajstić information content (AvgIpc) is 2.42. The van der Waals surface area contributed by atoms with Crippen LogP contribution in [0.3, 0.4) is 0 Å². The van der Waals surface area contributed by atoms with E-state index >= 15 is 0 Å². The van der Waals surface area contributed by atoms with Gasteiger partial charge in [-0.2, -0.15) is 0 Å². The Morgan fingerprint density at radius 3 is 1.50 bits per heavy atom. The Kier molecular flexibility index (Phi) is 8.89. The van der Waals surface area contributed by atoms with Crippen LogP contribution in [0, 0.1) is 48.9 Å². The smallest absolute Gasteiger partial charge is 0.154 e. The molecule has 0 saturated carbocycles. The molecule has 9 heteroatoms. The zero-order valence-corrected chi connectivity index (χ0v) is 14.3. The van der Waals surface area contributed by atoms with Gasteiger partial charge in [-0.1, -0.05) is 24.7 Å². The summed E-state index contributed by atoms with van der Waals surface area (Å²) in [6.07, 6.45) is 15.2. The molecule has 0 radical (unpaired) electrons. The summed E-state index contributed by atoms with van der Waals surface area (Å²) in [7, 11) is -9.15. The Hall–Kier alpha value is -1.47. The van der Waals surface area contributed by atoms with E-state index < -0.39 is 59.7 Å². The van der Waals surface area contributed by atoms with E-state index in [0.717, 1.165) is 0 Å². The summed E-state index contributed by atoms with van der Waals surface area (Å²) in [6, 6.07) is 0. The molecule has 0 aromatic carbocycles. The summed E-state index contributed by atoms with van der Waals surface area (Å²) in [4.78, 5) is 0. The van der Waals surface area contributed by atoms with Gasteiger partial charge in [0, 0.05) is 0 Å². The Balaban J connectivity index is 5.87. The maximum absolute atomic E-state index is 11.3. The van der Waals surface area contributed by atoms with Crippen LogP contribution in [0.1, 0.15) is 13.3 Å². The minimum absolute atomic E-state index is 0.282. The van der Waals surface area contributed by atoms with Crippen LogP contribution in [0.25, 0.3) is 0 Å². The molecule has 5 atom stereocenters. The third-order valence-corrected chi connectivity index (χ3v) is 6.25. The van der Waals surface area contributed by atoms with Crippen LogP contribution in [0.2, 0.25) is 0 Å². The van der Waals surface area contributed by atoms with Gasteiger partial charge in [-0.15, -0.1) is 19.3 Å². The lowest BCUT2D eigenvalue weighted by molar-refractivity contribution is 0.355. The fraction of sp³-hybridized carbons (Fsp3) is 0.538. The number of hydrogen-bond donors (Lipinski definition) is 3. The molecule has 0 saturated heterocycles. The summed E-state index contributed by atoms with van der Waals surface area (Å²) in [5.74, 6) is 4.26. The molecule has 0 rings (SSSR count). The minimum atomic E-state index is -3.11. The Morgan fingerprint density at radius 1 is 0.773 bits per heavy atom. The second-order valence-corrected chi connectivity index (χ2v) is 7.97. The molecule has 0 amide bonds. The van der Waals surface area contributed by atoms with Gasteiger partial charge in [-0.25, -0.2) is 25.3 Å². The zero-order chi connectivity index (χ0) is 17.4. The van der Waals surface area contributed by atoms with E-state index in [2.05, 4.69) is 5.92 Å². The predicted molar refractivity (Wildman–Crippen MR) is 86.1 cm³/mol. The summed E-state index contributed by atoms with van der Waals surface area (Å²) >= 11 is 0. The van der Waals surface area contributed by atoms with E-state index in [1.165, 1.54) is 6.92 Å². The van der Waals surface area contributed by atoms with Crippen LogP contribution < -0.4 is 0 Å². The normalized spacial score (nSPS) is 17.9. The van der Waals surface area contributed by atoms with Crippen LogP contribution in [-0.4, -0.2) is 41.0 Å². The first-order valence-electron chi connectivity index (χ1n) is 6.00. The van der Waals surface area contributed by atoms with Crippen molar-refractivity contribution in [3.63, 3.8) is 0 Å². The first kappa shape index (κ1) is 20.5. The largest absolute Gasteiger partial charge is 0.231 e. The van der Waals surface area contributed by atoms with E-state index in [9.17, 15) is 25.3 Å². The van der Waals surface area contributed by atoms with Crippen molar-refractivity contribution in [1.29, 1.82) is 0 Å². The number of hydrogen-bond acceptors (Lipinski definition) is 6. The van der Waals surface area contributed by atoms with Crippen LogP contribution >= 0.6 is 0 Å². The highest BCUT2D eigenvalue weighted by atomic mass is 32.2. The van der Waals surface area contributed by atoms with Gasteiger partial charge in [0.25, 0.3) is 0 Å². The number of thiol groups is 3. The van der Waals surface area contributed by atoms with Crippen LogP contribution in [-0.2, 0) is 32.1 Å². The summed E-state index contributed by atoms with van der Waals surface area (Å²) in [5, 5.41) is -3.88. The van der Waals surface area contributed by atoms with Crippen molar-refractivity contribution in [2.75, 3.05) is 0 Å². The van der Waals surface area contributed by atoms with E-state index in [1.54, 1.807) is 0 Å². The van der Waals surface area contributed by atoms with Gasteiger partial charge in [0.05, 0.1) is 0 Å². The second kappa shape index (κ2) is 9.53. The molecular weight excluding hydrogens is 348 g/mol. The predicted octanol–water partition coefficient (Wildman–Crippen LogP) is -1.53. The fourth-order valence-electron chi connectivity index (χ4n) is 2.08. The summed E-state index contributed by atoms with van der Waals surface area (Å²) in [6.45, 7) is 1.41. The SMILES string of the molecule is C#CC(CC(C(C)C(C#C)[SH](=O)=O)C(C#C)[SH](=O)=O)[SH](=O)=O. The van der Waals surface area contributed by atoms with Crippen LogP contribution in [0.15, 0.2) is 0 Å². The van der Waals surface area contributed by atoms with Gasteiger partial charge in [0.1, 0.15) is 15.7 Å². The van der Waals surface area contributed by atoms with Gasteiger partial charge in [0.2, 0.25) is 0 Å². The van der Waals surface area contributed by atoms with Crippen molar-refractivity contribution in [3.05, 3.63) is 0 Å². The van der Waals surface area contributed by atoms with Crippen molar-refractivity contribution < 1.29 is 25.3 Å². The highest BCUT2D eigenvalue weighted by molar-refractivity contribution is 7.74. The maximum Gasteiger partial charge on any atom is 0.154 e. The molecule has 0 aromatic rings. The molecule has 5 unspecified atom stereocenters. The molecule has 0 aromatic heterocycles. The van der Waals surface area contributed by atoms with E-state index in [-0.39, 0.29) is 6.42 Å². The topological polar surface area (TPSA) is 102 Å². The molecule has 0 spiro atoms. The van der Waals surface area contributed by atoms with Crippen LogP contribution in [0.5, 0.6) is 0 Å². The summed E-state index contributed by atoms with van der Waals surface area (Å²) in [5.41, 5.74) is 0. The highest BCUT2D eigenvalue weighted by Gasteiger charge is 2.35. The lowest BCUT2D eigenvalue weighted by Gasteiger charge is -2.28. The molecule has 122 valence electrons. The molecule has 0 fully saturated rings. The lowest BCUT2D eigenvalue weighted by atomic mass is 9.84. The van der Waals surface area contributed by atoms with E-state index in [4.69, 9.17) is 19.3 Å². The Morgan fingerprint density at radius 2 is 1.23 bits per heavy atom.